The van der Waals surface area contributed by atoms with E-state index in [1.807, 2.05) is 30.3 Å². The van der Waals surface area contributed by atoms with Crippen molar-refractivity contribution in [3.63, 3.8) is 0 Å². The number of hydrogen-bond donors (Lipinski definition) is 0. The number of sulfonamides is 1. The van der Waals surface area contributed by atoms with E-state index in [0.29, 0.717) is 35.8 Å². The Kier molecular flexibility index (Phi) is 4.80. The lowest BCUT2D eigenvalue weighted by Crippen LogP contribution is -2.31. The molecule has 0 spiro atoms. The molecule has 7 heteroatoms. The van der Waals surface area contributed by atoms with Gasteiger partial charge < -0.3 is 4.74 Å². The molecular weight excluding hydrogens is 384 g/mol. The summed E-state index contributed by atoms with van der Waals surface area (Å²) in [6.07, 6.45) is 2.14. The summed E-state index contributed by atoms with van der Waals surface area (Å²) in [7, 11) is -3.61. The zero-order valence-electron chi connectivity index (χ0n) is 14.8. The molecule has 0 bridgehead atoms. The van der Waals surface area contributed by atoms with Crippen molar-refractivity contribution >= 4 is 32.5 Å². The van der Waals surface area contributed by atoms with Gasteiger partial charge in [0, 0.05) is 23.2 Å². The number of rotatable bonds is 4. The first kappa shape index (κ1) is 18.2. The van der Waals surface area contributed by atoms with E-state index in [1.54, 1.807) is 25.3 Å². The fourth-order valence-electron chi connectivity index (χ4n) is 3.35. The molecule has 5 nitrogen and oxygen atoms in total. The van der Waals surface area contributed by atoms with Crippen molar-refractivity contribution in [1.82, 2.24) is 9.29 Å². The van der Waals surface area contributed by atoms with Crippen molar-refractivity contribution in [3.8, 4) is 5.75 Å². The van der Waals surface area contributed by atoms with Crippen molar-refractivity contribution in [1.29, 1.82) is 0 Å². The topological polar surface area (TPSA) is 59.5 Å². The van der Waals surface area contributed by atoms with E-state index < -0.39 is 10.0 Å². The lowest BCUT2D eigenvalue weighted by molar-refractivity contribution is 0.218. The second kappa shape index (κ2) is 7.11. The zero-order valence-corrected chi connectivity index (χ0v) is 16.4. The first-order chi connectivity index (χ1) is 12.9. The fraction of sp³-hybridized carbons (Fsp3) is 0.250. The van der Waals surface area contributed by atoms with Crippen LogP contribution in [0.3, 0.4) is 0 Å². The first-order valence-electron chi connectivity index (χ1n) is 8.72. The molecule has 0 aliphatic carbocycles. The standard InChI is InChI=1S/C20H19ClN2O3S/c1-14-7-8-16(21)12-19(14)27(24,25)23-11-9-17(13-23)26-18-6-2-4-15-5-3-10-22-20(15)18/h2-8,10,12,17H,9,11,13H2,1H3. The number of ether oxygens (including phenoxy) is 1. The molecule has 0 radical (unpaired) electrons. The van der Waals surface area contributed by atoms with Crippen LogP contribution in [0, 0.1) is 6.92 Å². The van der Waals surface area contributed by atoms with E-state index in [2.05, 4.69) is 4.98 Å². The van der Waals surface area contributed by atoms with Gasteiger partial charge >= 0.3 is 0 Å². The molecule has 3 aromatic rings. The van der Waals surface area contributed by atoms with Crippen LogP contribution in [0.2, 0.25) is 5.02 Å². The molecule has 2 heterocycles. The van der Waals surface area contributed by atoms with Gasteiger partial charge in [-0.1, -0.05) is 35.9 Å². The van der Waals surface area contributed by atoms with Crippen LogP contribution in [0.5, 0.6) is 5.75 Å². The third-order valence-electron chi connectivity index (χ3n) is 4.77. The van der Waals surface area contributed by atoms with Gasteiger partial charge in [0.1, 0.15) is 17.4 Å². The second-order valence-corrected chi connectivity index (χ2v) is 8.98. The van der Waals surface area contributed by atoms with Crippen LogP contribution in [0.15, 0.2) is 59.6 Å². The summed E-state index contributed by atoms with van der Waals surface area (Å²) in [5.41, 5.74) is 1.47. The van der Waals surface area contributed by atoms with Crippen LogP contribution >= 0.6 is 11.6 Å². The van der Waals surface area contributed by atoms with Gasteiger partial charge in [0.25, 0.3) is 0 Å². The van der Waals surface area contributed by atoms with Crippen molar-refractivity contribution < 1.29 is 13.2 Å². The van der Waals surface area contributed by atoms with Crippen molar-refractivity contribution in [2.75, 3.05) is 13.1 Å². The van der Waals surface area contributed by atoms with Gasteiger partial charge in [0.2, 0.25) is 10.0 Å². The number of halogens is 1. The Morgan fingerprint density at radius 3 is 2.85 bits per heavy atom. The predicted molar refractivity (Wildman–Crippen MR) is 106 cm³/mol. The maximum atomic E-state index is 13.0. The maximum Gasteiger partial charge on any atom is 0.243 e. The average Bonchev–Trinajstić information content (AvgIpc) is 3.13. The van der Waals surface area contributed by atoms with E-state index in [1.165, 1.54) is 10.4 Å². The van der Waals surface area contributed by atoms with Gasteiger partial charge in [0.15, 0.2) is 0 Å². The molecule has 0 N–H and O–H groups in total. The molecule has 1 unspecified atom stereocenters. The minimum Gasteiger partial charge on any atom is -0.487 e. The molecule has 0 saturated carbocycles. The smallest absolute Gasteiger partial charge is 0.243 e. The molecule has 1 aliphatic heterocycles. The number of para-hydroxylation sites is 1. The highest BCUT2D eigenvalue weighted by molar-refractivity contribution is 7.89. The Balaban J connectivity index is 1.56. The van der Waals surface area contributed by atoms with E-state index >= 15 is 0 Å². The van der Waals surface area contributed by atoms with Crippen molar-refractivity contribution in [3.05, 3.63) is 65.3 Å². The molecule has 1 aliphatic rings. The van der Waals surface area contributed by atoms with Crippen molar-refractivity contribution in [2.45, 2.75) is 24.3 Å². The molecule has 1 atom stereocenters. The number of aryl methyl sites for hydroxylation is 1. The molecule has 27 heavy (non-hydrogen) atoms. The Morgan fingerprint density at radius 2 is 2.00 bits per heavy atom. The highest BCUT2D eigenvalue weighted by Crippen LogP contribution is 2.29. The number of pyridine rings is 1. The number of nitrogens with zero attached hydrogens (tertiary/aromatic N) is 2. The van der Waals surface area contributed by atoms with Crippen LogP contribution in [0.25, 0.3) is 10.9 Å². The number of fused-ring (bicyclic) bond motifs is 1. The van der Waals surface area contributed by atoms with Crippen LogP contribution in [-0.4, -0.2) is 36.9 Å². The van der Waals surface area contributed by atoms with Crippen LogP contribution in [-0.2, 0) is 10.0 Å². The Labute approximate surface area is 163 Å². The third-order valence-corrected chi connectivity index (χ3v) is 7.01. The molecule has 0 amide bonds. The monoisotopic (exact) mass is 402 g/mol. The minimum atomic E-state index is -3.61. The molecule has 1 aromatic heterocycles. The van der Waals surface area contributed by atoms with E-state index in [4.69, 9.17) is 16.3 Å². The van der Waals surface area contributed by atoms with Crippen LogP contribution in [0.1, 0.15) is 12.0 Å². The SMILES string of the molecule is Cc1ccc(Cl)cc1S(=O)(=O)N1CCC(Oc2cccc3cccnc23)C1. The normalized spacial score (nSPS) is 18.1. The zero-order chi connectivity index (χ0) is 19.0. The van der Waals surface area contributed by atoms with E-state index in [0.717, 1.165) is 10.9 Å². The lowest BCUT2D eigenvalue weighted by atomic mass is 10.2. The highest BCUT2D eigenvalue weighted by Gasteiger charge is 2.34. The summed E-state index contributed by atoms with van der Waals surface area (Å²) < 4.78 is 33.6. The average molecular weight is 403 g/mol. The third kappa shape index (κ3) is 3.52. The van der Waals surface area contributed by atoms with Gasteiger partial charge in [-0.3, -0.25) is 4.98 Å². The lowest BCUT2D eigenvalue weighted by Gasteiger charge is -2.19. The summed E-state index contributed by atoms with van der Waals surface area (Å²) in [6.45, 7) is 2.49. The Bertz CT molecular complexity index is 1100. The first-order valence-corrected chi connectivity index (χ1v) is 10.5. The van der Waals surface area contributed by atoms with Gasteiger partial charge in [-0.25, -0.2) is 8.42 Å². The number of aromatic nitrogens is 1. The molecule has 1 saturated heterocycles. The molecule has 140 valence electrons. The van der Waals surface area contributed by atoms with Crippen molar-refractivity contribution in [2.24, 2.45) is 0 Å². The van der Waals surface area contributed by atoms with Gasteiger partial charge in [0.05, 0.1) is 11.4 Å². The molecular formula is C20H19ClN2O3S. The maximum absolute atomic E-state index is 13.0. The second-order valence-electron chi connectivity index (χ2n) is 6.63. The highest BCUT2D eigenvalue weighted by atomic mass is 35.5. The summed E-state index contributed by atoms with van der Waals surface area (Å²) >= 11 is 6.01. The fourth-order valence-corrected chi connectivity index (χ4v) is 5.33. The quantitative estimate of drug-likeness (QED) is 0.660. The molecule has 4 rings (SSSR count). The van der Waals surface area contributed by atoms with Gasteiger partial charge in [-0.2, -0.15) is 4.31 Å². The largest absolute Gasteiger partial charge is 0.487 e. The predicted octanol–water partition coefficient (Wildman–Crippen LogP) is 4.04. The van der Waals surface area contributed by atoms with Crippen LogP contribution in [0.4, 0.5) is 0 Å². The molecule has 2 aromatic carbocycles. The van der Waals surface area contributed by atoms with Gasteiger partial charge in [-0.15, -0.1) is 0 Å². The van der Waals surface area contributed by atoms with Crippen LogP contribution < -0.4 is 4.74 Å². The molecule has 1 fully saturated rings. The minimum absolute atomic E-state index is 0.216. The summed E-state index contributed by atoms with van der Waals surface area (Å²) in [5, 5.41) is 1.40. The summed E-state index contributed by atoms with van der Waals surface area (Å²) in [4.78, 5) is 4.64. The van der Waals surface area contributed by atoms with E-state index in [-0.39, 0.29) is 11.0 Å². The Morgan fingerprint density at radius 1 is 1.19 bits per heavy atom. The van der Waals surface area contributed by atoms with E-state index in [9.17, 15) is 8.42 Å². The summed E-state index contributed by atoms with van der Waals surface area (Å²) in [6, 6.07) is 14.5. The number of hydrogen-bond acceptors (Lipinski definition) is 4. The Hall–Kier alpha value is -2.15. The number of benzene rings is 2. The van der Waals surface area contributed by atoms with Gasteiger partial charge in [-0.05, 0) is 43.2 Å². The summed E-state index contributed by atoms with van der Waals surface area (Å²) in [5.74, 6) is 0.677.